The smallest absolute Gasteiger partial charge is 0.254 e. The number of anilines is 3. The normalized spacial score (nSPS) is 12.1. The van der Waals surface area contributed by atoms with Crippen molar-refractivity contribution in [2.24, 2.45) is 5.73 Å². The van der Waals surface area contributed by atoms with E-state index in [4.69, 9.17) is 10.5 Å². The Kier molecular flexibility index (Phi) is 7.34. The molecule has 2 aromatic heterocycles. The van der Waals surface area contributed by atoms with E-state index in [0.29, 0.717) is 16.9 Å². The number of H-pyrrole nitrogens is 1. The Bertz CT molecular complexity index is 1510. The zero-order chi connectivity index (χ0) is 26.6. The van der Waals surface area contributed by atoms with E-state index < -0.39 is 27.9 Å². The molecule has 4 rings (SSSR count). The fourth-order valence-corrected chi connectivity index (χ4v) is 4.11. The van der Waals surface area contributed by atoms with Crippen molar-refractivity contribution in [1.29, 1.82) is 0 Å². The Morgan fingerprint density at radius 2 is 1.95 bits per heavy atom. The van der Waals surface area contributed by atoms with Gasteiger partial charge >= 0.3 is 0 Å². The maximum atomic E-state index is 13.4. The average molecular weight is 526 g/mol. The van der Waals surface area contributed by atoms with Crippen molar-refractivity contribution in [1.82, 2.24) is 20.2 Å². The number of nitrogens with two attached hydrogens (primary N) is 1. The zero-order valence-electron chi connectivity index (χ0n) is 19.9. The van der Waals surface area contributed by atoms with Crippen molar-refractivity contribution in [2.45, 2.75) is 20.0 Å². The van der Waals surface area contributed by atoms with Gasteiger partial charge in [-0.3, -0.25) is 19.6 Å². The fraction of sp³-hybridized carbons (Fsp3) is 0.167. The van der Waals surface area contributed by atoms with E-state index in [1.807, 2.05) is 0 Å². The quantitative estimate of drug-likeness (QED) is 0.243. The highest BCUT2D eigenvalue weighted by Gasteiger charge is 2.22. The summed E-state index contributed by atoms with van der Waals surface area (Å²) in [7, 11) is -3.63. The van der Waals surface area contributed by atoms with Crippen molar-refractivity contribution < 1.29 is 22.3 Å². The first-order valence-corrected chi connectivity index (χ1v) is 12.8. The maximum absolute atomic E-state index is 13.4. The molecule has 4 aromatic rings. The number of amides is 1. The van der Waals surface area contributed by atoms with Crippen LogP contribution in [0, 0.1) is 5.82 Å². The van der Waals surface area contributed by atoms with Crippen LogP contribution >= 0.6 is 0 Å². The zero-order valence-corrected chi connectivity index (χ0v) is 20.7. The van der Waals surface area contributed by atoms with Crippen molar-refractivity contribution in [2.75, 3.05) is 15.8 Å². The van der Waals surface area contributed by atoms with Gasteiger partial charge < -0.3 is 15.8 Å². The summed E-state index contributed by atoms with van der Waals surface area (Å²) in [6.45, 7) is 3.25. The molecule has 1 atom stereocenters. The number of hydrogen-bond acceptors (Lipinski definition) is 8. The number of primary amides is 1. The first-order chi connectivity index (χ1) is 17.7. The molecule has 0 unspecified atom stereocenters. The lowest BCUT2D eigenvalue weighted by molar-refractivity contribution is 0.100. The number of nitrogens with one attached hydrogen (secondary N) is 3. The van der Waals surface area contributed by atoms with Gasteiger partial charge in [-0.15, -0.1) is 0 Å². The summed E-state index contributed by atoms with van der Waals surface area (Å²) >= 11 is 0. The first-order valence-electron chi connectivity index (χ1n) is 11.1. The van der Waals surface area contributed by atoms with E-state index in [1.165, 1.54) is 43.7 Å². The lowest BCUT2D eigenvalue weighted by atomic mass is 10.1. The Hall–Kier alpha value is -4.52. The number of ether oxygens (including phenoxy) is 1. The summed E-state index contributed by atoms with van der Waals surface area (Å²) in [5, 5.41) is 9.85. The molecule has 0 aliphatic heterocycles. The van der Waals surface area contributed by atoms with Crippen LogP contribution in [0.15, 0.2) is 61.1 Å². The number of halogens is 1. The monoisotopic (exact) mass is 525 g/mol. The van der Waals surface area contributed by atoms with Gasteiger partial charge in [0, 0.05) is 18.0 Å². The minimum Gasteiger partial charge on any atom is -0.484 e. The molecule has 2 heterocycles. The summed E-state index contributed by atoms with van der Waals surface area (Å²) in [6.07, 6.45) is 3.86. The van der Waals surface area contributed by atoms with Crippen LogP contribution in [-0.4, -0.2) is 40.2 Å². The van der Waals surface area contributed by atoms with Crippen LogP contribution in [0.4, 0.5) is 21.7 Å². The molecule has 0 aliphatic carbocycles. The van der Waals surface area contributed by atoms with Crippen LogP contribution in [0.1, 0.15) is 35.9 Å². The standard InChI is InChI=1S/C24H24FN7O4S/c1-3-37(34,35)32-18-9-6-16(12-19(18)36-14(2)15-4-7-17(25)8-5-15)22-21(23(26)33)24(31-30-22)29-20-13-27-10-11-28-20/h4-14,32H,3H2,1-2H3,(H2,26,33)(H2,28,29,30,31)/t14-/m0/s1. The minimum atomic E-state index is -3.63. The number of carbonyl (C=O) groups excluding carboxylic acids is 1. The van der Waals surface area contributed by atoms with Crippen LogP contribution in [0.3, 0.4) is 0 Å². The molecule has 13 heteroatoms. The molecule has 37 heavy (non-hydrogen) atoms. The SMILES string of the molecule is CCS(=O)(=O)Nc1ccc(-c2[nH]nc(Nc3cnccn3)c2C(N)=O)cc1O[C@@H](C)c1ccc(F)cc1. The van der Waals surface area contributed by atoms with Crippen LogP contribution in [0.25, 0.3) is 11.3 Å². The van der Waals surface area contributed by atoms with E-state index in [2.05, 4.69) is 30.2 Å². The van der Waals surface area contributed by atoms with Gasteiger partial charge in [0.2, 0.25) is 10.0 Å². The van der Waals surface area contributed by atoms with Gasteiger partial charge in [0.05, 0.1) is 23.3 Å². The average Bonchev–Trinajstić information content (AvgIpc) is 3.29. The molecule has 0 aliphatic rings. The third kappa shape index (κ3) is 6.01. The van der Waals surface area contributed by atoms with Crippen molar-refractivity contribution >= 4 is 33.3 Å². The molecule has 0 fully saturated rings. The van der Waals surface area contributed by atoms with Crippen LogP contribution in [-0.2, 0) is 10.0 Å². The van der Waals surface area contributed by atoms with E-state index in [-0.39, 0.29) is 34.3 Å². The van der Waals surface area contributed by atoms with E-state index in [1.54, 1.807) is 31.2 Å². The molecule has 0 saturated carbocycles. The minimum absolute atomic E-state index is 0.0603. The summed E-state index contributed by atoms with van der Waals surface area (Å²) in [5.74, 6) is -0.623. The highest BCUT2D eigenvalue weighted by atomic mass is 32.2. The third-order valence-electron chi connectivity index (χ3n) is 5.38. The largest absolute Gasteiger partial charge is 0.484 e. The number of aromatic nitrogens is 4. The molecular formula is C24H24FN7O4S. The predicted molar refractivity (Wildman–Crippen MR) is 136 cm³/mol. The highest BCUT2D eigenvalue weighted by molar-refractivity contribution is 7.92. The van der Waals surface area contributed by atoms with Gasteiger partial charge in [-0.25, -0.2) is 17.8 Å². The number of hydrogen-bond donors (Lipinski definition) is 4. The molecular weight excluding hydrogens is 501 g/mol. The van der Waals surface area contributed by atoms with Crippen LogP contribution in [0.5, 0.6) is 5.75 Å². The van der Waals surface area contributed by atoms with Gasteiger partial charge in [-0.2, -0.15) is 5.10 Å². The third-order valence-corrected chi connectivity index (χ3v) is 6.67. The molecule has 2 aromatic carbocycles. The fourth-order valence-electron chi connectivity index (χ4n) is 3.46. The molecule has 0 radical (unpaired) electrons. The Balaban J connectivity index is 1.75. The summed E-state index contributed by atoms with van der Waals surface area (Å²) in [5.41, 5.74) is 7.32. The maximum Gasteiger partial charge on any atom is 0.254 e. The summed E-state index contributed by atoms with van der Waals surface area (Å²) < 4.78 is 46.5. The number of carbonyl (C=O) groups is 1. The first kappa shape index (κ1) is 25.6. The highest BCUT2D eigenvalue weighted by Crippen LogP contribution is 2.36. The van der Waals surface area contributed by atoms with Crippen molar-refractivity contribution in [3.05, 3.63) is 78.0 Å². The number of sulfonamides is 1. The predicted octanol–water partition coefficient (Wildman–Crippen LogP) is 3.75. The molecule has 1 amide bonds. The Morgan fingerprint density at radius 3 is 2.59 bits per heavy atom. The van der Waals surface area contributed by atoms with Gasteiger partial charge in [0.1, 0.15) is 29.1 Å². The Morgan fingerprint density at radius 1 is 1.19 bits per heavy atom. The molecule has 0 bridgehead atoms. The van der Waals surface area contributed by atoms with Gasteiger partial charge in [0.25, 0.3) is 5.91 Å². The van der Waals surface area contributed by atoms with E-state index in [9.17, 15) is 17.6 Å². The van der Waals surface area contributed by atoms with Gasteiger partial charge in [-0.05, 0) is 43.7 Å². The lowest BCUT2D eigenvalue weighted by Gasteiger charge is -2.19. The molecule has 0 spiro atoms. The van der Waals surface area contributed by atoms with Crippen LogP contribution < -0.4 is 20.5 Å². The number of aromatic amines is 1. The summed E-state index contributed by atoms with van der Waals surface area (Å²) in [6, 6.07) is 10.4. The van der Waals surface area contributed by atoms with Crippen molar-refractivity contribution in [3.63, 3.8) is 0 Å². The number of benzene rings is 2. The number of rotatable bonds is 10. The second-order valence-corrected chi connectivity index (χ2v) is 9.94. The Labute approximate surface area is 212 Å². The molecule has 11 nitrogen and oxygen atoms in total. The second kappa shape index (κ2) is 10.6. The van der Waals surface area contributed by atoms with Crippen molar-refractivity contribution in [3.8, 4) is 17.0 Å². The van der Waals surface area contributed by atoms with Gasteiger partial charge in [0.15, 0.2) is 5.82 Å². The van der Waals surface area contributed by atoms with Gasteiger partial charge in [-0.1, -0.05) is 18.2 Å². The lowest BCUT2D eigenvalue weighted by Crippen LogP contribution is -2.16. The molecule has 5 N–H and O–H groups in total. The molecule has 192 valence electrons. The van der Waals surface area contributed by atoms with E-state index in [0.717, 1.165) is 0 Å². The van der Waals surface area contributed by atoms with E-state index >= 15 is 0 Å². The molecule has 0 saturated heterocycles. The van der Waals surface area contributed by atoms with Crippen LogP contribution in [0.2, 0.25) is 0 Å². The summed E-state index contributed by atoms with van der Waals surface area (Å²) in [4.78, 5) is 20.4. The number of nitrogens with zero attached hydrogens (tertiary/aromatic N) is 3. The topological polar surface area (TPSA) is 165 Å². The second-order valence-electron chi connectivity index (χ2n) is 7.93.